The number of imide groups is 1. The smallest absolute Gasteiger partial charge is 0.329 e. The molecule has 4 atom stereocenters. The first kappa shape index (κ1) is 23.5. The van der Waals surface area contributed by atoms with Crippen molar-refractivity contribution in [3.05, 3.63) is 118 Å². The van der Waals surface area contributed by atoms with Gasteiger partial charge in [-0.3, -0.25) is 25.0 Å². The van der Waals surface area contributed by atoms with E-state index < -0.39 is 46.1 Å². The molecule has 2 heterocycles. The minimum absolute atomic E-state index is 0.0348. The number of carbonyl (C=O) groups is 3. The van der Waals surface area contributed by atoms with E-state index in [1.54, 1.807) is 30.3 Å². The van der Waals surface area contributed by atoms with Crippen molar-refractivity contribution in [3.63, 3.8) is 0 Å². The second-order valence-corrected chi connectivity index (χ2v) is 9.46. The number of rotatable bonds is 5. The zero-order valence-electron chi connectivity index (χ0n) is 19.9. The lowest BCUT2D eigenvalue weighted by molar-refractivity contribution is -0.384. The van der Waals surface area contributed by atoms with Crippen molar-refractivity contribution in [2.75, 3.05) is 4.90 Å². The van der Waals surface area contributed by atoms with Gasteiger partial charge in [-0.25, -0.2) is 9.69 Å². The van der Waals surface area contributed by atoms with E-state index in [2.05, 4.69) is 5.32 Å². The van der Waals surface area contributed by atoms with Crippen LogP contribution in [0.4, 0.5) is 11.4 Å². The highest BCUT2D eigenvalue weighted by Gasteiger charge is 2.69. The van der Waals surface area contributed by atoms with Crippen LogP contribution in [-0.2, 0) is 19.9 Å². The van der Waals surface area contributed by atoms with Crippen molar-refractivity contribution < 1.29 is 24.4 Å². The average Bonchev–Trinajstić information content (AvgIpc) is 3.43. The van der Waals surface area contributed by atoms with Crippen LogP contribution in [0.3, 0.4) is 0 Å². The summed E-state index contributed by atoms with van der Waals surface area (Å²) in [6.07, 6.45) is 0. The van der Waals surface area contributed by atoms with Crippen molar-refractivity contribution in [2.24, 2.45) is 11.8 Å². The SMILES string of the molecule is O=C1C2C(c3cccc4ccccc34)NC(C(=O)O)(c3ccccc3)C2C(=O)N1c1cccc([N+](=O)[O-])c1. The van der Waals surface area contributed by atoms with Gasteiger partial charge in [0.25, 0.3) is 5.69 Å². The quantitative estimate of drug-likeness (QED) is 0.235. The second kappa shape index (κ2) is 8.60. The number of amides is 2. The fourth-order valence-corrected chi connectivity index (χ4v) is 5.98. The molecule has 38 heavy (non-hydrogen) atoms. The predicted octanol–water partition coefficient (Wildman–Crippen LogP) is 4.18. The molecule has 4 aromatic carbocycles. The highest BCUT2D eigenvalue weighted by Crippen LogP contribution is 2.54. The van der Waals surface area contributed by atoms with Crippen molar-refractivity contribution >= 4 is 39.9 Å². The molecule has 2 amide bonds. The molecule has 0 saturated carbocycles. The molecule has 0 aromatic heterocycles. The number of nitrogens with one attached hydrogen (secondary N) is 1. The Morgan fingerprint density at radius 3 is 2.32 bits per heavy atom. The number of aliphatic carboxylic acids is 1. The maximum Gasteiger partial charge on any atom is 0.329 e. The molecule has 0 aliphatic carbocycles. The van der Waals surface area contributed by atoms with Crippen molar-refractivity contribution in [1.82, 2.24) is 5.32 Å². The Kier molecular flexibility index (Phi) is 5.32. The molecule has 4 unspecified atom stereocenters. The number of nitro groups is 1. The Labute approximate surface area is 216 Å². The number of fused-ring (bicyclic) bond motifs is 2. The predicted molar refractivity (Wildman–Crippen MR) is 138 cm³/mol. The zero-order chi connectivity index (χ0) is 26.6. The van der Waals surface area contributed by atoms with Crippen LogP contribution in [-0.4, -0.2) is 27.8 Å². The molecule has 2 aliphatic rings. The van der Waals surface area contributed by atoms with E-state index in [-0.39, 0.29) is 11.4 Å². The monoisotopic (exact) mass is 507 g/mol. The Hall–Kier alpha value is -4.89. The number of carboxylic acid groups (broad SMARTS) is 1. The van der Waals surface area contributed by atoms with Crippen LogP contribution in [0.5, 0.6) is 0 Å². The summed E-state index contributed by atoms with van der Waals surface area (Å²) in [6, 6.07) is 25.9. The number of non-ortho nitro benzene ring substituents is 1. The number of nitro benzene ring substituents is 1. The summed E-state index contributed by atoms with van der Waals surface area (Å²) in [5.74, 6) is -4.97. The first-order valence-electron chi connectivity index (χ1n) is 12.0. The van der Waals surface area contributed by atoms with Crippen molar-refractivity contribution in [1.29, 1.82) is 0 Å². The van der Waals surface area contributed by atoms with Crippen molar-refractivity contribution in [2.45, 2.75) is 11.6 Å². The number of nitrogens with zero attached hydrogens (tertiary/aromatic N) is 2. The molecular formula is C29H21N3O6. The third kappa shape index (κ3) is 3.25. The fraction of sp³-hybridized carbons (Fsp3) is 0.138. The minimum atomic E-state index is -1.91. The van der Waals surface area contributed by atoms with E-state index in [0.29, 0.717) is 11.1 Å². The summed E-state index contributed by atoms with van der Waals surface area (Å²) in [5.41, 5.74) is -1.12. The summed E-state index contributed by atoms with van der Waals surface area (Å²) in [4.78, 5) is 52.9. The number of hydrogen-bond donors (Lipinski definition) is 2. The van der Waals surface area contributed by atoms with Gasteiger partial charge < -0.3 is 5.11 Å². The minimum Gasteiger partial charge on any atom is -0.480 e. The molecule has 9 heteroatoms. The summed E-state index contributed by atoms with van der Waals surface area (Å²) in [6.45, 7) is 0. The molecule has 2 fully saturated rings. The largest absolute Gasteiger partial charge is 0.480 e. The maximum atomic E-state index is 14.0. The molecule has 2 saturated heterocycles. The Morgan fingerprint density at radius 2 is 1.58 bits per heavy atom. The van der Waals surface area contributed by atoms with E-state index in [4.69, 9.17) is 0 Å². The number of benzene rings is 4. The van der Waals surface area contributed by atoms with E-state index >= 15 is 0 Å². The lowest BCUT2D eigenvalue weighted by Crippen LogP contribution is -2.53. The summed E-state index contributed by atoms with van der Waals surface area (Å²) >= 11 is 0. The normalized spacial score (nSPS) is 24.5. The molecule has 6 rings (SSSR count). The van der Waals surface area contributed by atoms with Gasteiger partial charge in [0, 0.05) is 18.2 Å². The van der Waals surface area contributed by atoms with Gasteiger partial charge in [-0.05, 0) is 28.0 Å². The van der Waals surface area contributed by atoms with Crippen LogP contribution in [0.2, 0.25) is 0 Å². The zero-order valence-corrected chi connectivity index (χ0v) is 19.9. The van der Waals surface area contributed by atoms with Gasteiger partial charge in [0.05, 0.1) is 22.4 Å². The lowest BCUT2D eigenvalue weighted by atomic mass is 9.75. The summed E-state index contributed by atoms with van der Waals surface area (Å²) in [5, 5.41) is 27.0. The molecule has 0 spiro atoms. The lowest BCUT2D eigenvalue weighted by Gasteiger charge is -2.31. The summed E-state index contributed by atoms with van der Waals surface area (Å²) in [7, 11) is 0. The van der Waals surface area contributed by atoms with Gasteiger partial charge in [-0.15, -0.1) is 0 Å². The van der Waals surface area contributed by atoms with Gasteiger partial charge in [0.15, 0.2) is 5.54 Å². The van der Waals surface area contributed by atoms with Crippen molar-refractivity contribution in [3.8, 4) is 0 Å². The van der Waals surface area contributed by atoms with Gasteiger partial charge in [0.2, 0.25) is 11.8 Å². The maximum absolute atomic E-state index is 14.0. The number of carboxylic acids is 1. The van der Waals surface area contributed by atoms with E-state index in [1.807, 2.05) is 42.5 Å². The molecule has 188 valence electrons. The first-order valence-corrected chi connectivity index (χ1v) is 12.0. The second-order valence-electron chi connectivity index (χ2n) is 9.46. The first-order chi connectivity index (χ1) is 18.3. The molecular weight excluding hydrogens is 486 g/mol. The van der Waals surface area contributed by atoms with E-state index in [9.17, 15) is 29.6 Å². The summed E-state index contributed by atoms with van der Waals surface area (Å²) < 4.78 is 0. The number of carbonyl (C=O) groups excluding carboxylic acids is 2. The Bertz CT molecular complexity index is 1630. The van der Waals surface area contributed by atoms with Crippen LogP contribution in [0.15, 0.2) is 97.1 Å². The standard InChI is InChI=1S/C29H21N3O6/c33-26-23-24(27(34)31(26)19-12-7-13-20(16-19)32(37)38)29(28(35)36,18-10-2-1-3-11-18)30-25(23)22-15-6-9-17-8-4-5-14-21(17)22/h1-16,23-25,30H,(H,35,36). The molecule has 2 aliphatic heterocycles. The van der Waals surface area contributed by atoms with Gasteiger partial charge in [-0.2, -0.15) is 0 Å². The van der Waals surface area contributed by atoms with Gasteiger partial charge in [0.1, 0.15) is 0 Å². The van der Waals surface area contributed by atoms with Gasteiger partial charge in [-0.1, -0.05) is 78.9 Å². The fourth-order valence-electron chi connectivity index (χ4n) is 5.98. The molecule has 0 radical (unpaired) electrons. The highest BCUT2D eigenvalue weighted by molar-refractivity contribution is 6.24. The third-order valence-electron chi connectivity index (χ3n) is 7.58. The Morgan fingerprint density at radius 1 is 0.895 bits per heavy atom. The molecule has 9 nitrogen and oxygen atoms in total. The van der Waals surface area contributed by atoms with Crippen LogP contribution >= 0.6 is 0 Å². The topological polar surface area (TPSA) is 130 Å². The molecule has 4 aromatic rings. The average molecular weight is 508 g/mol. The molecule has 2 N–H and O–H groups in total. The van der Waals surface area contributed by atoms with Crippen LogP contribution in [0.25, 0.3) is 10.8 Å². The van der Waals surface area contributed by atoms with Gasteiger partial charge >= 0.3 is 5.97 Å². The van der Waals surface area contributed by atoms with Crippen LogP contribution < -0.4 is 10.2 Å². The van der Waals surface area contributed by atoms with Crippen LogP contribution in [0.1, 0.15) is 17.2 Å². The third-order valence-corrected chi connectivity index (χ3v) is 7.58. The molecule has 0 bridgehead atoms. The van der Waals surface area contributed by atoms with E-state index in [1.165, 1.54) is 18.2 Å². The number of anilines is 1. The van der Waals surface area contributed by atoms with Crippen LogP contribution in [0, 0.1) is 22.0 Å². The Balaban J connectivity index is 1.59. The van der Waals surface area contributed by atoms with E-state index in [0.717, 1.165) is 21.7 Å². The number of hydrogen-bond acceptors (Lipinski definition) is 6. The highest BCUT2D eigenvalue weighted by atomic mass is 16.6.